The average Bonchev–Trinajstić information content (AvgIpc) is 2.86. The van der Waals surface area contributed by atoms with Crippen LogP contribution in [-0.4, -0.2) is 52.3 Å². The fourth-order valence-corrected chi connectivity index (χ4v) is 4.53. The van der Waals surface area contributed by atoms with Gasteiger partial charge in [0.05, 0.1) is 40.5 Å². The molecule has 12 heteroatoms. The summed E-state index contributed by atoms with van der Waals surface area (Å²) in [6, 6.07) is 5.51. The molecule has 2 aliphatic rings. The fraction of sp³-hybridized carbons (Fsp3) is 0.304. The van der Waals surface area contributed by atoms with Crippen molar-refractivity contribution in [2.24, 2.45) is 5.41 Å². The Morgan fingerprint density at radius 3 is 1.37 bits per heavy atom. The van der Waals surface area contributed by atoms with Crippen LogP contribution in [0.15, 0.2) is 36.4 Å². The first-order valence-electron chi connectivity index (χ1n) is 10.5. The summed E-state index contributed by atoms with van der Waals surface area (Å²) < 4.78 is 21.3. The Morgan fingerprint density at radius 1 is 0.600 bits per heavy atom. The van der Waals surface area contributed by atoms with Gasteiger partial charge in [-0.3, -0.25) is 20.2 Å². The van der Waals surface area contributed by atoms with Crippen LogP contribution >= 0.6 is 0 Å². The van der Waals surface area contributed by atoms with Crippen LogP contribution in [0.25, 0.3) is 0 Å². The van der Waals surface area contributed by atoms with Crippen molar-refractivity contribution < 1.29 is 38.1 Å². The van der Waals surface area contributed by atoms with Crippen LogP contribution in [0.5, 0.6) is 23.0 Å². The minimum absolute atomic E-state index is 0.323. The van der Waals surface area contributed by atoms with E-state index >= 15 is 0 Å². The highest BCUT2D eigenvalue weighted by atomic mass is 16.5. The molecule has 2 saturated heterocycles. The maximum absolute atomic E-state index is 13.5. The van der Waals surface area contributed by atoms with Gasteiger partial charge in [-0.25, -0.2) is 9.59 Å². The predicted octanol–water partition coefficient (Wildman–Crippen LogP) is 1.17. The van der Waals surface area contributed by atoms with Gasteiger partial charge in [-0.15, -0.1) is 0 Å². The molecule has 4 N–H and O–H groups in total. The van der Waals surface area contributed by atoms with Crippen molar-refractivity contribution in [3.8, 4) is 23.0 Å². The number of benzene rings is 2. The summed E-state index contributed by atoms with van der Waals surface area (Å²) in [6.45, 7) is 0. The van der Waals surface area contributed by atoms with Gasteiger partial charge in [0, 0.05) is 0 Å². The number of barbiturate groups is 1. The van der Waals surface area contributed by atoms with E-state index in [4.69, 9.17) is 18.9 Å². The Morgan fingerprint density at radius 2 is 1.00 bits per heavy atom. The zero-order valence-electron chi connectivity index (χ0n) is 19.4. The smallest absolute Gasteiger partial charge is 0.328 e. The lowest BCUT2D eigenvalue weighted by Crippen LogP contribution is -2.73. The molecule has 1 spiro atoms. The number of urea groups is 2. The number of amides is 6. The summed E-state index contributed by atoms with van der Waals surface area (Å²) in [7, 11) is 5.80. The standard InChI is InChI=1S/C23H24N4O8/c1-32-13-7-5-11(9-15(13)34-3)17-23(19(28)26-22(31)27-20(23)29)18(25-21(30)24-17)12-6-8-14(33-2)16(10-12)35-4/h5-10,17-18H,1-4H3,(H2,24,25,30)(H2,26,27,28,29,31). The molecule has 2 heterocycles. The molecule has 4 rings (SSSR count). The van der Waals surface area contributed by atoms with Crippen molar-refractivity contribution in [2.75, 3.05) is 28.4 Å². The van der Waals surface area contributed by atoms with Gasteiger partial charge in [0.25, 0.3) is 0 Å². The first-order chi connectivity index (χ1) is 16.8. The molecular weight excluding hydrogens is 460 g/mol. The van der Waals surface area contributed by atoms with Gasteiger partial charge in [0.2, 0.25) is 11.8 Å². The molecule has 0 bridgehead atoms. The lowest BCUT2D eigenvalue weighted by molar-refractivity contribution is -0.150. The molecule has 0 radical (unpaired) electrons. The molecule has 35 heavy (non-hydrogen) atoms. The van der Waals surface area contributed by atoms with Gasteiger partial charge in [0.15, 0.2) is 28.4 Å². The van der Waals surface area contributed by atoms with E-state index in [1.165, 1.54) is 28.4 Å². The number of ether oxygens (including phenoxy) is 4. The Hall–Kier alpha value is -4.48. The number of hydrogen-bond acceptors (Lipinski definition) is 8. The number of carbonyl (C=O) groups excluding carboxylic acids is 4. The first-order valence-corrected chi connectivity index (χ1v) is 10.5. The van der Waals surface area contributed by atoms with E-state index < -0.39 is 41.4 Å². The lowest BCUT2D eigenvalue weighted by Gasteiger charge is -2.48. The van der Waals surface area contributed by atoms with E-state index in [-0.39, 0.29) is 0 Å². The van der Waals surface area contributed by atoms with Gasteiger partial charge in [-0.05, 0) is 35.4 Å². The van der Waals surface area contributed by atoms with Crippen molar-refractivity contribution in [3.05, 3.63) is 47.5 Å². The topological polar surface area (TPSA) is 153 Å². The van der Waals surface area contributed by atoms with E-state index in [2.05, 4.69) is 21.3 Å². The van der Waals surface area contributed by atoms with Crippen LogP contribution in [0.2, 0.25) is 0 Å². The number of hydrogen-bond donors (Lipinski definition) is 4. The molecule has 0 aromatic heterocycles. The van der Waals surface area contributed by atoms with E-state index in [1.807, 2.05) is 0 Å². The maximum atomic E-state index is 13.5. The van der Waals surface area contributed by atoms with Crippen LogP contribution in [0, 0.1) is 5.41 Å². The van der Waals surface area contributed by atoms with Crippen LogP contribution < -0.4 is 40.2 Å². The molecule has 12 nitrogen and oxygen atoms in total. The van der Waals surface area contributed by atoms with Crippen molar-refractivity contribution >= 4 is 23.9 Å². The van der Waals surface area contributed by atoms with Gasteiger partial charge in [-0.1, -0.05) is 12.1 Å². The normalized spacial score (nSPS) is 20.8. The van der Waals surface area contributed by atoms with E-state index in [0.717, 1.165) is 0 Å². The summed E-state index contributed by atoms with van der Waals surface area (Å²) in [5, 5.41) is 9.69. The SMILES string of the molecule is COc1ccc(C2NC(=O)NC(c3ccc(OC)c(OC)c3)C23C(=O)NC(=O)NC3=O)cc1OC. The fourth-order valence-electron chi connectivity index (χ4n) is 4.53. The quantitative estimate of drug-likeness (QED) is 0.446. The van der Waals surface area contributed by atoms with Gasteiger partial charge < -0.3 is 29.6 Å². The lowest BCUT2D eigenvalue weighted by atomic mass is 9.65. The molecule has 2 aromatic carbocycles. The van der Waals surface area contributed by atoms with Gasteiger partial charge in [0.1, 0.15) is 0 Å². The molecule has 0 aliphatic carbocycles. The van der Waals surface area contributed by atoms with Crippen molar-refractivity contribution in [1.29, 1.82) is 0 Å². The number of methoxy groups -OCH3 is 4. The Kier molecular flexibility index (Phi) is 6.12. The number of nitrogens with one attached hydrogen (secondary N) is 4. The monoisotopic (exact) mass is 484 g/mol. The van der Waals surface area contributed by atoms with E-state index in [1.54, 1.807) is 36.4 Å². The Bertz CT molecular complexity index is 1120. The van der Waals surface area contributed by atoms with Gasteiger partial charge >= 0.3 is 12.1 Å². The number of rotatable bonds is 6. The number of carbonyl (C=O) groups is 4. The third-order valence-corrected chi connectivity index (χ3v) is 6.15. The average molecular weight is 484 g/mol. The van der Waals surface area contributed by atoms with Crippen molar-refractivity contribution in [2.45, 2.75) is 12.1 Å². The second-order valence-corrected chi connectivity index (χ2v) is 7.82. The van der Waals surface area contributed by atoms with Crippen molar-refractivity contribution in [3.63, 3.8) is 0 Å². The molecule has 2 fully saturated rings. The van der Waals surface area contributed by atoms with Crippen LogP contribution in [0.3, 0.4) is 0 Å². The highest BCUT2D eigenvalue weighted by molar-refractivity contribution is 6.21. The van der Waals surface area contributed by atoms with E-state index in [0.29, 0.717) is 34.1 Å². The summed E-state index contributed by atoms with van der Waals surface area (Å²) >= 11 is 0. The van der Waals surface area contributed by atoms with Gasteiger partial charge in [-0.2, -0.15) is 0 Å². The van der Waals surface area contributed by atoms with Crippen LogP contribution in [0.4, 0.5) is 9.59 Å². The zero-order chi connectivity index (χ0) is 25.3. The minimum Gasteiger partial charge on any atom is -0.493 e. The predicted molar refractivity (Wildman–Crippen MR) is 120 cm³/mol. The first kappa shape index (κ1) is 23.7. The molecule has 0 saturated carbocycles. The Labute approximate surface area is 200 Å². The Balaban J connectivity index is 1.95. The molecule has 2 unspecified atom stereocenters. The zero-order valence-corrected chi connectivity index (χ0v) is 19.4. The molecular formula is C23H24N4O8. The van der Waals surface area contributed by atoms with Crippen LogP contribution in [-0.2, 0) is 9.59 Å². The summed E-state index contributed by atoms with van der Waals surface area (Å²) in [5.74, 6) is -0.312. The van der Waals surface area contributed by atoms with Crippen molar-refractivity contribution in [1.82, 2.24) is 21.3 Å². The molecule has 6 amide bonds. The second-order valence-electron chi connectivity index (χ2n) is 7.82. The van der Waals surface area contributed by atoms with Crippen LogP contribution in [0.1, 0.15) is 23.2 Å². The third-order valence-electron chi connectivity index (χ3n) is 6.15. The second kappa shape index (κ2) is 9.05. The number of imide groups is 2. The molecule has 2 atom stereocenters. The minimum atomic E-state index is -2.01. The summed E-state index contributed by atoms with van der Waals surface area (Å²) in [4.78, 5) is 51.9. The highest BCUT2D eigenvalue weighted by Crippen LogP contribution is 2.50. The molecule has 2 aromatic rings. The third kappa shape index (κ3) is 3.72. The summed E-state index contributed by atoms with van der Waals surface area (Å²) in [6.07, 6.45) is 0. The maximum Gasteiger partial charge on any atom is 0.328 e. The molecule has 2 aliphatic heterocycles. The molecule has 184 valence electrons. The summed E-state index contributed by atoms with van der Waals surface area (Å²) in [5.41, 5.74) is -1.26. The highest BCUT2D eigenvalue weighted by Gasteiger charge is 2.64. The largest absolute Gasteiger partial charge is 0.493 e. The van der Waals surface area contributed by atoms with E-state index in [9.17, 15) is 19.2 Å².